The molecular weight excluding hydrogens is 260 g/mol. The van der Waals surface area contributed by atoms with Crippen molar-refractivity contribution in [3.05, 3.63) is 35.4 Å². The molecule has 3 rings (SSSR count). The summed E-state index contributed by atoms with van der Waals surface area (Å²) < 4.78 is 0. The third kappa shape index (κ3) is 3.85. The number of amides is 1. The molecule has 0 radical (unpaired) electrons. The topological polar surface area (TPSA) is 41.1 Å². The highest BCUT2D eigenvalue weighted by molar-refractivity contribution is 5.75. The molecule has 1 amide bonds. The summed E-state index contributed by atoms with van der Waals surface area (Å²) in [6, 6.07) is 8.70. The lowest BCUT2D eigenvalue weighted by molar-refractivity contribution is -0.121. The van der Waals surface area contributed by atoms with Gasteiger partial charge in [-0.05, 0) is 62.2 Å². The van der Waals surface area contributed by atoms with Gasteiger partial charge in [-0.25, -0.2) is 0 Å². The quantitative estimate of drug-likeness (QED) is 0.873. The van der Waals surface area contributed by atoms with Crippen LogP contribution >= 0.6 is 0 Å². The van der Waals surface area contributed by atoms with Crippen molar-refractivity contribution in [2.24, 2.45) is 5.92 Å². The molecule has 21 heavy (non-hydrogen) atoms. The van der Waals surface area contributed by atoms with E-state index in [-0.39, 0.29) is 5.91 Å². The summed E-state index contributed by atoms with van der Waals surface area (Å²) in [6.07, 6.45) is 6.56. The molecule has 114 valence electrons. The van der Waals surface area contributed by atoms with E-state index in [4.69, 9.17) is 0 Å². The van der Waals surface area contributed by atoms with E-state index < -0.39 is 0 Å². The third-order valence-corrected chi connectivity index (χ3v) is 4.98. The average Bonchev–Trinajstić information content (AvgIpc) is 3.04. The van der Waals surface area contributed by atoms with Gasteiger partial charge in [0.05, 0.1) is 0 Å². The molecular formula is C18H26N2O. The molecule has 1 aliphatic heterocycles. The second-order valence-electron chi connectivity index (χ2n) is 6.49. The normalized spacial score (nSPS) is 24.6. The summed E-state index contributed by atoms with van der Waals surface area (Å²) in [4.78, 5) is 12.0. The minimum Gasteiger partial charge on any atom is -0.355 e. The van der Waals surface area contributed by atoms with Crippen LogP contribution in [0.4, 0.5) is 0 Å². The number of carbonyl (C=O) groups is 1. The van der Waals surface area contributed by atoms with Gasteiger partial charge in [0, 0.05) is 18.9 Å². The molecule has 1 aliphatic carbocycles. The maximum absolute atomic E-state index is 12.0. The number of hydrogen-bond donors (Lipinski definition) is 2. The molecule has 0 bridgehead atoms. The van der Waals surface area contributed by atoms with E-state index in [1.165, 1.54) is 36.8 Å². The Bertz CT molecular complexity index is 480. The van der Waals surface area contributed by atoms with Gasteiger partial charge in [0.1, 0.15) is 0 Å². The first kappa shape index (κ1) is 14.6. The van der Waals surface area contributed by atoms with Gasteiger partial charge in [0.15, 0.2) is 0 Å². The largest absolute Gasteiger partial charge is 0.355 e. The first-order chi connectivity index (χ1) is 10.3. The van der Waals surface area contributed by atoms with E-state index in [0.29, 0.717) is 18.3 Å². The van der Waals surface area contributed by atoms with Crippen LogP contribution in [0.5, 0.6) is 0 Å². The first-order valence-corrected chi connectivity index (χ1v) is 8.38. The zero-order chi connectivity index (χ0) is 14.5. The van der Waals surface area contributed by atoms with Crippen molar-refractivity contribution in [1.29, 1.82) is 0 Å². The highest BCUT2D eigenvalue weighted by Crippen LogP contribution is 2.30. The summed E-state index contributed by atoms with van der Waals surface area (Å²) in [7, 11) is 0. The van der Waals surface area contributed by atoms with Crippen LogP contribution in [-0.4, -0.2) is 25.5 Å². The van der Waals surface area contributed by atoms with Crippen LogP contribution < -0.4 is 10.6 Å². The fourth-order valence-electron chi connectivity index (χ4n) is 3.69. The molecule has 2 N–H and O–H groups in total. The molecule has 0 spiro atoms. The minimum atomic E-state index is 0.227. The number of aryl methyl sites for hydroxylation is 1. The number of carbonyl (C=O) groups excluding carboxylic acids is 1. The van der Waals surface area contributed by atoms with Gasteiger partial charge in [-0.1, -0.05) is 24.3 Å². The molecule has 2 unspecified atom stereocenters. The number of hydrogen-bond acceptors (Lipinski definition) is 2. The van der Waals surface area contributed by atoms with Crippen LogP contribution in [0.3, 0.4) is 0 Å². The molecule has 0 aromatic heterocycles. The van der Waals surface area contributed by atoms with Gasteiger partial charge in [-0.3, -0.25) is 4.79 Å². The van der Waals surface area contributed by atoms with Crippen LogP contribution in [0, 0.1) is 5.92 Å². The molecule has 2 atom stereocenters. The fourth-order valence-corrected chi connectivity index (χ4v) is 3.69. The molecule has 1 fully saturated rings. The fraction of sp³-hybridized carbons (Fsp3) is 0.611. The van der Waals surface area contributed by atoms with Gasteiger partial charge in [0.25, 0.3) is 0 Å². The summed E-state index contributed by atoms with van der Waals surface area (Å²) >= 11 is 0. The molecule has 1 saturated heterocycles. The van der Waals surface area contributed by atoms with Crippen molar-refractivity contribution in [3.8, 4) is 0 Å². The average molecular weight is 286 g/mol. The minimum absolute atomic E-state index is 0.227. The van der Waals surface area contributed by atoms with Crippen molar-refractivity contribution < 1.29 is 4.79 Å². The monoisotopic (exact) mass is 286 g/mol. The van der Waals surface area contributed by atoms with Gasteiger partial charge in [-0.15, -0.1) is 0 Å². The van der Waals surface area contributed by atoms with E-state index in [2.05, 4.69) is 34.9 Å². The van der Waals surface area contributed by atoms with Crippen LogP contribution in [0.25, 0.3) is 0 Å². The van der Waals surface area contributed by atoms with E-state index in [1.807, 2.05) is 0 Å². The zero-order valence-corrected chi connectivity index (χ0v) is 12.7. The Morgan fingerprint density at radius 2 is 2.19 bits per heavy atom. The molecule has 0 saturated carbocycles. The Morgan fingerprint density at radius 1 is 1.29 bits per heavy atom. The molecule has 1 aromatic rings. The molecule has 3 nitrogen and oxygen atoms in total. The van der Waals surface area contributed by atoms with Crippen LogP contribution in [0.2, 0.25) is 0 Å². The lowest BCUT2D eigenvalue weighted by atomic mass is 9.83. The van der Waals surface area contributed by atoms with Crippen molar-refractivity contribution >= 4 is 5.91 Å². The molecule has 1 heterocycles. The third-order valence-electron chi connectivity index (χ3n) is 4.98. The highest BCUT2D eigenvalue weighted by Gasteiger charge is 2.20. The van der Waals surface area contributed by atoms with Crippen molar-refractivity contribution in [2.45, 2.75) is 44.4 Å². The smallest absolute Gasteiger partial charge is 0.220 e. The number of nitrogens with one attached hydrogen (secondary N) is 2. The zero-order valence-electron chi connectivity index (χ0n) is 12.7. The van der Waals surface area contributed by atoms with E-state index >= 15 is 0 Å². The second kappa shape index (κ2) is 7.08. The van der Waals surface area contributed by atoms with Crippen LogP contribution in [0.1, 0.15) is 49.1 Å². The Kier molecular flexibility index (Phi) is 4.91. The Balaban J connectivity index is 1.45. The van der Waals surface area contributed by atoms with Gasteiger partial charge >= 0.3 is 0 Å². The number of fused-ring (bicyclic) bond motifs is 1. The van der Waals surface area contributed by atoms with Crippen molar-refractivity contribution in [1.82, 2.24) is 10.6 Å². The SMILES string of the molecule is O=C(CCC1CCNC1)NCC1CCCc2ccccc21. The summed E-state index contributed by atoms with van der Waals surface area (Å²) in [5.41, 5.74) is 2.92. The van der Waals surface area contributed by atoms with Crippen LogP contribution in [0.15, 0.2) is 24.3 Å². The summed E-state index contributed by atoms with van der Waals surface area (Å²) in [5, 5.41) is 6.52. The van der Waals surface area contributed by atoms with Crippen molar-refractivity contribution in [3.63, 3.8) is 0 Å². The van der Waals surface area contributed by atoms with Crippen LogP contribution in [-0.2, 0) is 11.2 Å². The maximum Gasteiger partial charge on any atom is 0.220 e. The predicted molar refractivity (Wildman–Crippen MR) is 85.3 cm³/mol. The molecule has 2 aliphatic rings. The molecule has 3 heteroatoms. The summed E-state index contributed by atoms with van der Waals surface area (Å²) in [5.74, 6) is 1.43. The Morgan fingerprint density at radius 3 is 3.05 bits per heavy atom. The number of rotatable bonds is 5. The van der Waals surface area contributed by atoms with Gasteiger partial charge in [0.2, 0.25) is 5.91 Å². The standard InChI is InChI=1S/C18H26N2O/c21-18(9-8-14-10-11-19-12-14)20-13-16-6-3-5-15-4-1-2-7-17(15)16/h1-2,4,7,14,16,19H,3,5-6,8-13H2,(H,20,21). The van der Waals surface area contributed by atoms with E-state index in [1.54, 1.807) is 0 Å². The van der Waals surface area contributed by atoms with Crippen molar-refractivity contribution in [2.75, 3.05) is 19.6 Å². The van der Waals surface area contributed by atoms with Gasteiger partial charge < -0.3 is 10.6 Å². The first-order valence-electron chi connectivity index (χ1n) is 8.38. The predicted octanol–water partition coefficient (Wildman–Crippen LogP) is 2.61. The lowest BCUT2D eigenvalue weighted by Crippen LogP contribution is -2.30. The lowest BCUT2D eigenvalue weighted by Gasteiger charge is -2.25. The second-order valence-corrected chi connectivity index (χ2v) is 6.49. The summed E-state index contributed by atoms with van der Waals surface area (Å²) in [6.45, 7) is 3.01. The highest BCUT2D eigenvalue weighted by atomic mass is 16.1. The number of benzene rings is 1. The maximum atomic E-state index is 12.0. The van der Waals surface area contributed by atoms with E-state index in [0.717, 1.165) is 26.1 Å². The van der Waals surface area contributed by atoms with Gasteiger partial charge in [-0.2, -0.15) is 0 Å². The van der Waals surface area contributed by atoms with E-state index in [9.17, 15) is 4.79 Å². The Hall–Kier alpha value is -1.35. The molecule has 1 aromatic carbocycles. The Labute approximate surface area is 127 Å².